The summed E-state index contributed by atoms with van der Waals surface area (Å²) in [5.41, 5.74) is 1.44. The van der Waals surface area contributed by atoms with Gasteiger partial charge in [-0.25, -0.2) is 0 Å². The lowest BCUT2D eigenvalue weighted by Crippen LogP contribution is -2.90. The van der Waals surface area contributed by atoms with Crippen molar-refractivity contribution in [2.75, 3.05) is 6.54 Å². The molecular formula is C13H22N+. The molecule has 1 heteroatoms. The van der Waals surface area contributed by atoms with E-state index in [0.717, 1.165) is 12.0 Å². The smallest absolute Gasteiger partial charge is 0.0853 e. The van der Waals surface area contributed by atoms with Gasteiger partial charge in [0.05, 0.1) is 12.6 Å². The minimum Gasteiger partial charge on any atom is -0.344 e. The molecule has 0 aliphatic rings. The van der Waals surface area contributed by atoms with E-state index in [1.165, 1.54) is 18.5 Å². The van der Waals surface area contributed by atoms with Crippen LogP contribution in [-0.2, 0) is 6.42 Å². The van der Waals surface area contributed by atoms with Gasteiger partial charge in [0.15, 0.2) is 0 Å². The van der Waals surface area contributed by atoms with Gasteiger partial charge in [-0.3, -0.25) is 0 Å². The van der Waals surface area contributed by atoms with Crippen molar-refractivity contribution in [3.8, 4) is 0 Å². The van der Waals surface area contributed by atoms with Crippen molar-refractivity contribution in [1.82, 2.24) is 0 Å². The quantitative estimate of drug-likeness (QED) is 0.733. The topological polar surface area (TPSA) is 16.6 Å². The Bertz CT molecular complexity index is 241. The lowest BCUT2D eigenvalue weighted by Gasteiger charge is -2.13. The number of rotatable bonds is 5. The maximum Gasteiger partial charge on any atom is 0.0853 e. The SMILES string of the molecule is CC(C)[C@H](C)[NH2+]CCc1ccccc1. The van der Waals surface area contributed by atoms with Gasteiger partial charge in [0.2, 0.25) is 0 Å². The average molecular weight is 192 g/mol. The summed E-state index contributed by atoms with van der Waals surface area (Å²) in [6.45, 7) is 8.06. The van der Waals surface area contributed by atoms with E-state index in [-0.39, 0.29) is 0 Å². The van der Waals surface area contributed by atoms with Gasteiger partial charge in [-0.2, -0.15) is 0 Å². The predicted octanol–water partition coefficient (Wildman–Crippen LogP) is 1.84. The van der Waals surface area contributed by atoms with Crippen LogP contribution in [0.4, 0.5) is 0 Å². The Morgan fingerprint density at radius 2 is 1.71 bits per heavy atom. The summed E-state index contributed by atoms with van der Waals surface area (Å²) in [5, 5.41) is 2.44. The van der Waals surface area contributed by atoms with E-state index in [0.29, 0.717) is 0 Å². The Morgan fingerprint density at radius 1 is 1.07 bits per heavy atom. The Balaban J connectivity index is 2.22. The van der Waals surface area contributed by atoms with Crippen LogP contribution in [0.3, 0.4) is 0 Å². The lowest BCUT2D eigenvalue weighted by molar-refractivity contribution is -0.691. The molecule has 2 N–H and O–H groups in total. The fraction of sp³-hybridized carbons (Fsp3) is 0.538. The Hall–Kier alpha value is -0.820. The van der Waals surface area contributed by atoms with Crippen LogP contribution in [0.2, 0.25) is 0 Å². The number of quaternary nitrogens is 1. The van der Waals surface area contributed by atoms with Crippen molar-refractivity contribution in [2.24, 2.45) is 5.92 Å². The van der Waals surface area contributed by atoms with Gasteiger partial charge in [-0.1, -0.05) is 44.2 Å². The van der Waals surface area contributed by atoms with Crippen molar-refractivity contribution in [3.05, 3.63) is 35.9 Å². The van der Waals surface area contributed by atoms with Gasteiger partial charge < -0.3 is 5.32 Å². The first-order valence-corrected chi connectivity index (χ1v) is 5.57. The molecule has 0 amide bonds. The molecule has 0 saturated carbocycles. The number of benzene rings is 1. The van der Waals surface area contributed by atoms with E-state index in [2.05, 4.69) is 56.4 Å². The molecule has 0 bridgehead atoms. The predicted molar refractivity (Wildman–Crippen MR) is 61.2 cm³/mol. The standard InChI is InChI=1S/C13H21N/c1-11(2)12(3)14-10-9-13-7-5-4-6-8-13/h4-8,11-12,14H,9-10H2,1-3H3/p+1/t12-/m0/s1. The Kier molecular flexibility index (Phi) is 4.68. The van der Waals surface area contributed by atoms with E-state index in [1.54, 1.807) is 0 Å². The molecular weight excluding hydrogens is 170 g/mol. The molecule has 0 spiro atoms. The van der Waals surface area contributed by atoms with E-state index in [1.807, 2.05) is 0 Å². The summed E-state index contributed by atoms with van der Waals surface area (Å²) < 4.78 is 0. The van der Waals surface area contributed by atoms with E-state index in [9.17, 15) is 0 Å². The molecule has 0 unspecified atom stereocenters. The summed E-state index contributed by atoms with van der Waals surface area (Å²) in [6, 6.07) is 11.4. The molecule has 0 radical (unpaired) electrons. The van der Waals surface area contributed by atoms with Crippen molar-refractivity contribution in [1.29, 1.82) is 0 Å². The molecule has 1 nitrogen and oxygen atoms in total. The molecule has 0 aromatic heterocycles. The highest BCUT2D eigenvalue weighted by molar-refractivity contribution is 5.14. The van der Waals surface area contributed by atoms with Crippen molar-refractivity contribution in [2.45, 2.75) is 33.2 Å². The molecule has 1 atom stereocenters. The lowest BCUT2D eigenvalue weighted by atomic mass is 10.1. The van der Waals surface area contributed by atoms with Crippen LogP contribution < -0.4 is 5.32 Å². The van der Waals surface area contributed by atoms with Gasteiger partial charge in [0.1, 0.15) is 0 Å². The molecule has 0 heterocycles. The zero-order chi connectivity index (χ0) is 10.4. The van der Waals surface area contributed by atoms with Crippen LogP contribution in [0.25, 0.3) is 0 Å². The highest BCUT2D eigenvalue weighted by atomic mass is 14.9. The largest absolute Gasteiger partial charge is 0.344 e. The van der Waals surface area contributed by atoms with Crippen LogP contribution in [0.5, 0.6) is 0 Å². The first-order chi connectivity index (χ1) is 6.70. The van der Waals surface area contributed by atoms with E-state index < -0.39 is 0 Å². The van der Waals surface area contributed by atoms with Crippen LogP contribution in [0, 0.1) is 5.92 Å². The maximum atomic E-state index is 2.44. The fourth-order valence-corrected chi connectivity index (χ4v) is 1.43. The van der Waals surface area contributed by atoms with Gasteiger partial charge in [-0.15, -0.1) is 0 Å². The summed E-state index contributed by atoms with van der Waals surface area (Å²) >= 11 is 0. The zero-order valence-corrected chi connectivity index (χ0v) is 9.53. The first-order valence-electron chi connectivity index (χ1n) is 5.57. The second kappa shape index (κ2) is 5.82. The number of hydrogen-bond acceptors (Lipinski definition) is 0. The van der Waals surface area contributed by atoms with Gasteiger partial charge in [0, 0.05) is 12.3 Å². The first kappa shape index (κ1) is 11.3. The summed E-state index contributed by atoms with van der Waals surface area (Å²) in [4.78, 5) is 0. The second-order valence-electron chi connectivity index (χ2n) is 4.36. The minimum absolute atomic E-state index is 0.735. The van der Waals surface area contributed by atoms with Gasteiger partial charge >= 0.3 is 0 Å². The molecule has 0 saturated heterocycles. The van der Waals surface area contributed by atoms with Gasteiger partial charge in [-0.05, 0) is 12.5 Å². The molecule has 78 valence electrons. The third kappa shape index (κ3) is 3.93. The molecule has 1 aromatic rings. The molecule has 14 heavy (non-hydrogen) atoms. The van der Waals surface area contributed by atoms with Crippen molar-refractivity contribution < 1.29 is 5.32 Å². The zero-order valence-electron chi connectivity index (χ0n) is 9.53. The maximum absolute atomic E-state index is 2.44. The number of nitrogens with two attached hydrogens (primary N) is 1. The summed E-state index contributed by atoms with van der Waals surface area (Å²) in [5.74, 6) is 0.769. The Labute approximate surface area is 87.5 Å². The molecule has 0 aliphatic carbocycles. The van der Waals surface area contributed by atoms with Crippen LogP contribution in [0.1, 0.15) is 26.3 Å². The highest BCUT2D eigenvalue weighted by Gasteiger charge is 2.08. The van der Waals surface area contributed by atoms with E-state index >= 15 is 0 Å². The summed E-state index contributed by atoms with van der Waals surface area (Å²) in [7, 11) is 0. The van der Waals surface area contributed by atoms with Crippen LogP contribution in [-0.4, -0.2) is 12.6 Å². The molecule has 1 rings (SSSR count). The second-order valence-corrected chi connectivity index (χ2v) is 4.36. The fourth-order valence-electron chi connectivity index (χ4n) is 1.43. The monoisotopic (exact) mass is 192 g/mol. The molecule has 0 fully saturated rings. The van der Waals surface area contributed by atoms with Crippen LogP contribution in [0.15, 0.2) is 30.3 Å². The number of hydrogen-bond donors (Lipinski definition) is 1. The normalized spacial score (nSPS) is 13.1. The van der Waals surface area contributed by atoms with Crippen LogP contribution >= 0.6 is 0 Å². The van der Waals surface area contributed by atoms with Gasteiger partial charge in [0.25, 0.3) is 0 Å². The third-order valence-electron chi connectivity index (χ3n) is 2.87. The summed E-state index contributed by atoms with van der Waals surface area (Å²) in [6.07, 6.45) is 1.18. The average Bonchev–Trinajstić information content (AvgIpc) is 2.19. The van der Waals surface area contributed by atoms with E-state index in [4.69, 9.17) is 0 Å². The van der Waals surface area contributed by atoms with Crippen molar-refractivity contribution >= 4 is 0 Å². The third-order valence-corrected chi connectivity index (χ3v) is 2.87. The minimum atomic E-state index is 0.735. The van der Waals surface area contributed by atoms with Crippen molar-refractivity contribution in [3.63, 3.8) is 0 Å². The highest BCUT2D eigenvalue weighted by Crippen LogP contribution is 1.98. The Morgan fingerprint density at radius 3 is 2.29 bits per heavy atom. The molecule has 0 aliphatic heterocycles. The molecule has 1 aromatic carbocycles.